The van der Waals surface area contributed by atoms with Gasteiger partial charge in [0.1, 0.15) is 6.07 Å². The molecule has 1 aromatic heterocycles. The van der Waals surface area contributed by atoms with Crippen LogP contribution in [0.25, 0.3) is 0 Å². The number of hydrogen-bond acceptors (Lipinski definition) is 3. The predicted molar refractivity (Wildman–Crippen MR) is 63.3 cm³/mol. The molecule has 2 rings (SSSR count). The van der Waals surface area contributed by atoms with E-state index in [0.29, 0.717) is 11.3 Å². The fourth-order valence-electron chi connectivity index (χ4n) is 1.43. The summed E-state index contributed by atoms with van der Waals surface area (Å²) in [6.07, 6.45) is 1.26. The van der Waals surface area contributed by atoms with Crippen molar-refractivity contribution in [2.24, 2.45) is 0 Å². The summed E-state index contributed by atoms with van der Waals surface area (Å²) in [7, 11) is 0. The number of pyridine rings is 1. The molecule has 4 nitrogen and oxygen atoms in total. The van der Waals surface area contributed by atoms with Crippen molar-refractivity contribution >= 4 is 11.6 Å². The minimum Gasteiger partial charge on any atom is -0.321 e. The van der Waals surface area contributed by atoms with E-state index in [2.05, 4.69) is 10.3 Å². The lowest BCUT2D eigenvalue weighted by Crippen LogP contribution is -2.15. The number of nitriles is 1. The van der Waals surface area contributed by atoms with Crippen LogP contribution in [0.5, 0.6) is 0 Å². The minimum atomic E-state index is -0.843. The van der Waals surface area contributed by atoms with Gasteiger partial charge in [-0.1, -0.05) is 12.1 Å². The third-order valence-electron chi connectivity index (χ3n) is 2.30. The Morgan fingerprint density at radius 3 is 2.78 bits per heavy atom. The standard InChI is InChI=1S/C13H8FN3O/c14-12-10(5-3-7-16-12)13(18)17-11-6-2-1-4-9(11)8-15/h1-7H,(H,17,18). The molecular weight excluding hydrogens is 233 g/mol. The summed E-state index contributed by atoms with van der Waals surface area (Å²) in [6.45, 7) is 0. The van der Waals surface area contributed by atoms with Crippen molar-refractivity contribution in [3.63, 3.8) is 0 Å². The summed E-state index contributed by atoms with van der Waals surface area (Å²) in [5.74, 6) is -1.48. The van der Waals surface area contributed by atoms with Gasteiger partial charge in [0, 0.05) is 6.20 Å². The topological polar surface area (TPSA) is 65.8 Å². The number of carbonyl (C=O) groups is 1. The first-order chi connectivity index (χ1) is 8.72. The maximum atomic E-state index is 13.3. The number of benzene rings is 1. The second kappa shape index (κ2) is 5.06. The molecular formula is C13H8FN3O. The second-order valence-electron chi connectivity index (χ2n) is 3.45. The first-order valence-corrected chi connectivity index (χ1v) is 5.13. The first-order valence-electron chi connectivity index (χ1n) is 5.13. The van der Waals surface area contributed by atoms with Crippen LogP contribution < -0.4 is 5.32 Å². The highest BCUT2D eigenvalue weighted by molar-refractivity contribution is 6.04. The molecule has 0 fully saturated rings. The number of rotatable bonds is 2. The van der Waals surface area contributed by atoms with Crippen LogP contribution in [0.15, 0.2) is 42.6 Å². The van der Waals surface area contributed by atoms with E-state index in [-0.39, 0.29) is 5.56 Å². The Hall–Kier alpha value is -2.74. The molecule has 18 heavy (non-hydrogen) atoms. The fraction of sp³-hybridized carbons (Fsp3) is 0. The van der Waals surface area contributed by atoms with E-state index in [9.17, 15) is 9.18 Å². The molecule has 0 saturated heterocycles. The van der Waals surface area contributed by atoms with Crippen LogP contribution in [0.3, 0.4) is 0 Å². The quantitative estimate of drug-likeness (QED) is 0.820. The molecule has 0 aliphatic carbocycles. The predicted octanol–water partition coefficient (Wildman–Crippen LogP) is 2.34. The molecule has 1 aromatic carbocycles. The molecule has 0 aliphatic rings. The molecule has 2 aromatic rings. The summed E-state index contributed by atoms with van der Waals surface area (Å²) in [5, 5.41) is 11.3. The molecule has 88 valence electrons. The molecule has 0 bridgehead atoms. The van der Waals surface area contributed by atoms with Gasteiger partial charge in [-0.05, 0) is 24.3 Å². The summed E-state index contributed by atoms with van der Waals surface area (Å²) in [6, 6.07) is 11.2. The van der Waals surface area contributed by atoms with E-state index in [1.165, 1.54) is 18.3 Å². The average molecular weight is 241 g/mol. The van der Waals surface area contributed by atoms with Gasteiger partial charge in [0.15, 0.2) is 0 Å². The Morgan fingerprint density at radius 1 is 1.28 bits per heavy atom. The lowest BCUT2D eigenvalue weighted by molar-refractivity contribution is 0.102. The Balaban J connectivity index is 2.28. The van der Waals surface area contributed by atoms with Crippen molar-refractivity contribution in [2.45, 2.75) is 0 Å². The second-order valence-corrected chi connectivity index (χ2v) is 3.45. The molecule has 1 amide bonds. The van der Waals surface area contributed by atoms with Gasteiger partial charge in [-0.15, -0.1) is 0 Å². The molecule has 1 N–H and O–H groups in total. The van der Waals surface area contributed by atoms with Crippen molar-refractivity contribution in [2.75, 3.05) is 5.32 Å². The summed E-state index contributed by atoms with van der Waals surface area (Å²) in [4.78, 5) is 15.2. The number of amides is 1. The highest BCUT2D eigenvalue weighted by Gasteiger charge is 2.13. The number of nitrogens with zero attached hydrogens (tertiary/aromatic N) is 2. The molecule has 0 unspecified atom stereocenters. The molecule has 0 aliphatic heterocycles. The van der Waals surface area contributed by atoms with Crippen LogP contribution in [0.1, 0.15) is 15.9 Å². The Kier molecular flexibility index (Phi) is 3.30. The lowest BCUT2D eigenvalue weighted by atomic mass is 10.2. The number of halogens is 1. The third-order valence-corrected chi connectivity index (χ3v) is 2.30. The summed E-state index contributed by atoms with van der Waals surface area (Å²) in [5.41, 5.74) is 0.494. The van der Waals surface area contributed by atoms with Gasteiger partial charge in [-0.25, -0.2) is 4.98 Å². The number of anilines is 1. The SMILES string of the molecule is N#Cc1ccccc1NC(=O)c1cccnc1F. The first kappa shape index (κ1) is 11.7. The monoisotopic (exact) mass is 241 g/mol. The zero-order chi connectivity index (χ0) is 13.0. The molecule has 0 spiro atoms. The highest BCUT2D eigenvalue weighted by atomic mass is 19.1. The Labute approximate surface area is 103 Å². The van der Waals surface area contributed by atoms with E-state index in [0.717, 1.165) is 0 Å². The average Bonchev–Trinajstić information content (AvgIpc) is 2.39. The van der Waals surface area contributed by atoms with Crippen LogP contribution in [0, 0.1) is 17.3 Å². The molecule has 5 heteroatoms. The highest BCUT2D eigenvalue weighted by Crippen LogP contribution is 2.15. The minimum absolute atomic E-state index is 0.162. The lowest BCUT2D eigenvalue weighted by Gasteiger charge is -2.06. The maximum Gasteiger partial charge on any atom is 0.260 e. The smallest absolute Gasteiger partial charge is 0.260 e. The summed E-state index contributed by atoms with van der Waals surface area (Å²) < 4.78 is 13.3. The summed E-state index contributed by atoms with van der Waals surface area (Å²) >= 11 is 0. The fourth-order valence-corrected chi connectivity index (χ4v) is 1.43. The van der Waals surface area contributed by atoms with Crippen molar-refractivity contribution < 1.29 is 9.18 Å². The van der Waals surface area contributed by atoms with Crippen LogP contribution in [-0.2, 0) is 0 Å². The molecule has 0 saturated carbocycles. The van der Waals surface area contributed by atoms with Gasteiger partial charge in [-0.3, -0.25) is 4.79 Å². The van der Waals surface area contributed by atoms with Crippen LogP contribution in [0.4, 0.5) is 10.1 Å². The van der Waals surface area contributed by atoms with Crippen molar-refractivity contribution in [1.29, 1.82) is 5.26 Å². The van der Waals surface area contributed by atoms with Crippen LogP contribution in [0.2, 0.25) is 0 Å². The van der Waals surface area contributed by atoms with Gasteiger partial charge >= 0.3 is 0 Å². The normalized spacial score (nSPS) is 9.56. The van der Waals surface area contributed by atoms with E-state index in [1.54, 1.807) is 24.3 Å². The van der Waals surface area contributed by atoms with Crippen molar-refractivity contribution in [1.82, 2.24) is 4.98 Å². The molecule has 1 heterocycles. The van der Waals surface area contributed by atoms with Crippen molar-refractivity contribution in [3.05, 3.63) is 59.7 Å². The Bertz CT molecular complexity index is 634. The number of carbonyl (C=O) groups excluding carboxylic acids is 1. The maximum absolute atomic E-state index is 13.3. The van der Waals surface area contributed by atoms with E-state index in [1.807, 2.05) is 6.07 Å². The van der Waals surface area contributed by atoms with Crippen LogP contribution in [-0.4, -0.2) is 10.9 Å². The molecule has 0 radical (unpaired) electrons. The third kappa shape index (κ3) is 2.33. The number of aromatic nitrogens is 1. The zero-order valence-electron chi connectivity index (χ0n) is 9.22. The largest absolute Gasteiger partial charge is 0.321 e. The van der Waals surface area contributed by atoms with Gasteiger partial charge in [0.05, 0.1) is 16.8 Å². The van der Waals surface area contributed by atoms with Gasteiger partial charge in [0.2, 0.25) is 5.95 Å². The Morgan fingerprint density at radius 2 is 2.06 bits per heavy atom. The van der Waals surface area contributed by atoms with Crippen molar-refractivity contribution in [3.8, 4) is 6.07 Å². The van der Waals surface area contributed by atoms with Gasteiger partial charge in [-0.2, -0.15) is 9.65 Å². The molecule has 0 atom stereocenters. The van der Waals surface area contributed by atoms with E-state index >= 15 is 0 Å². The van der Waals surface area contributed by atoms with E-state index < -0.39 is 11.9 Å². The number of nitrogens with one attached hydrogen (secondary N) is 1. The zero-order valence-corrected chi connectivity index (χ0v) is 9.22. The number of hydrogen-bond donors (Lipinski definition) is 1. The van der Waals surface area contributed by atoms with Gasteiger partial charge in [0.25, 0.3) is 5.91 Å². The van der Waals surface area contributed by atoms with E-state index in [4.69, 9.17) is 5.26 Å². The number of para-hydroxylation sites is 1. The van der Waals surface area contributed by atoms with Crippen LogP contribution >= 0.6 is 0 Å². The van der Waals surface area contributed by atoms with Gasteiger partial charge < -0.3 is 5.32 Å².